The smallest absolute Gasteiger partial charge is 0.341 e. The van der Waals surface area contributed by atoms with Crippen LogP contribution in [0.25, 0.3) is 0 Å². The summed E-state index contributed by atoms with van der Waals surface area (Å²) in [4.78, 5) is 26.9. The van der Waals surface area contributed by atoms with Crippen molar-refractivity contribution in [3.63, 3.8) is 0 Å². The molecule has 1 unspecified atom stereocenters. The van der Waals surface area contributed by atoms with Crippen LogP contribution in [0.5, 0.6) is 5.75 Å². The van der Waals surface area contributed by atoms with E-state index in [4.69, 9.17) is 9.47 Å². The number of benzene rings is 1. The Labute approximate surface area is 245 Å². The zero-order valence-corrected chi connectivity index (χ0v) is 26.0. The topological polar surface area (TPSA) is 95.3 Å². The molecule has 1 aliphatic rings. The minimum atomic E-state index is -0.390. The summed E-state index contributed by atoms with van der Waals surface area (Å²) in [6, 6.07) is 8.15. The predicted octanol–water partition coefficient (Wildman–Crippen LogP) is 6.97. The molecule has 1 aromatic carbocycles. The molecule has 10 heteroatoms. The van der Waals surface area contributed by atoms with Gasteiger partial charge in [0.2, 0.25) is 5.91 Å². The van der Waals surface area contributed by atoms with Crippen molar-refractivity contribution in [2.24, 2.45) is 0 Å². The number of carbonyl (C=O) groups is 2. The van der Waals surface area contributed by atoms with Gasteiger partial charge in [0.25, 0.3) is 0 Å². The Morgan fingerprint density at radius 2 is 1.80 bits per heavy atom. The molecule has 2 aromatic heterocycles. The number of carbonyl (C=O) groups excluding carboxylic acids is 2. The van der Waals surface area contributed by atoms with Crippen molar-refractivity contribution in [2.45, 2.75) is 96.4 Å². The first-order valence-electron chi connectivity index (χ1n) is 14.0. The summed E-state index contributed by atoms with van der Waals surface area (Å²) in [7, 11) is 1.39. The maximum absolute atomic E-state index is 13.0. The van der Waals surface area contributed by atoms with Crippen molar-refractivity contribution >= 4 is 40.0 Å². The molecule has 8 nitrogen and oxygen atoms in total. The van der Waals surface area contributed by atoms with Crippen LogP contribution in [-0.4, -0.2) is 39.5 Å². The zero-order valence-electron chi connectivity index (χ0n) is 24.3. The number of hydrogen-bond acceptors (Lipinski definition) is 8. The molecular weight excluding hydrogens is 544 g/mol. The molecule has 2 heterocycles. The number of methoxy groups -OCH3 is 1. The van der Waals surface area contributed by atoms with Crippen molar-refractivity contribution in [3.05, 3.63) is 51.7 Å². The SMILES string of the molecule is CCn1c(SCC(=O)Nc2sc3c(c2C(=O)OC)CCCCCC3)nnc1C(C)Oc1ccc(C(C)(C)C)cc1. The van der Waals surface area contributed by atoms with E-state index in [9.17, 15) is 9.59 Å². The van der Waals surface area contributed by atoms with Crippen LogP contribution in [-0.2, 0) is 34.3 Å². The summed E-state index contributed by atoms with van der Waals surface area (Å²) < 4.78 is 13.2. The first kappa shape index (κ1) is 30.1. The number of nitrogens with one attached hydrogen (secondary N) is 1. The molecule has 0 spiro atoms. The summed E-state index contributed by atoms with van der Waals surface area (Å²) in [5.41, 5.74) is 2.88. The fraction of sp³-hybridized carbons (Fsp3) is 0.533. The van der Waals surface area contributed by atoms with Gasteiger partial charge in [-0.05, 0) is 68.2 Å². The van der Waals surface area contributed by atoms with Gasteiger partial charge in [0.15, 0.2) is 17.1 Å². The van der Waals surface area contributed by atoms with Gasteiger partial charge in [-0.2, -0.15) is 0 Å². The van der Waals surface area contributed by atoms with Gasteiger partial charge < -0.3 is 19.4 Å². The monoisotopic (exact) mass is 584 g/mol. The number of nitrogens with zero attached hydrogens (tertiary/aromatic N) is 3. The van der Waals surface area contributed by atoms with Crippen molar-refractivity contribution in [1.82, 2.24) is 14.8 Å². The van der Waals surface area contributed by atoms with Gasteiger partial charge in [-0.25, -0.2) is 4.79 Å². The second-order valence-corrected chi connectivity index (χ2v) is 13.1. The summed E-state index contributed by atoms with van der Waals surface area (Å²) in [6.45, 7) is 11.2. The predicted molar refractivity (Wildman–Crippen MR) is 161 cm³/mol. The van der Waals surface area contributed by atoms with Crippen LogP contribution in [0.1, 0.15) is 98.6 Å². The molecule has 1 aliphatic carbocycles. The third-order valence-corrected chi connectivity index (χ3v) is 9.28. The Morgan fingerprint density at radius 3 is 2.45 bits per heavy atom. The van der Waals surface area contributed by atoms with Crippen molar-refractivity contribution in [3.8, 4) is 5.75 Å². The number of esters is 1. The van der Waals surface area contributed by atoms with Crippen molar-refractivity contribution in [1.29, 1.82) is 0 Å². The fourth-order valence-electron chi connectivity index (χ4n) is 4.91. The van der Waals surface area contributed by atoms with Crippen molar-refractivity contribution < 1.29 is 19.1 Å². The van der Waals surface area contributed by atoms with Crippen LogP contribution in [0.2, 0.25) is 0 Å². The average Bonchev–Trinajstić information content (AvgIpc) is 3.47. The Kier molecular flexibility index (Phi) is 9.94. The second kappa shape index (κ2) is 13.2. The lowest BCUT2D eigenvalue weighted by Crippen LogP contribution is -2.17. The molecule has 0 saturated carbocycles. The second-order valence-electron chi connectivity index (χ2n) is 11.1. The number of thiophene rings is 1. The normalized spacial score (nSPS) is 14.6. The Bertz CT molecular complexity index is 1320. The van der Waals surface area contributed by atoms with Crippen LogP contribution in [0, 0.1) is 0 Å². The molecule has 3 aromatic rings. The number of fused-ring (bicyclic) bond motifs is 1. The number of ether oxygens (including phenoxy) is 2. The highest BCUT2D eigenvalue weighted by molar-refractivity contribution is 7.99. The minimum Gasteiger partial charge on any atom is -0.483 e. The zero-order chi connectivity index (χ0) is 28.9. The first-order chi connectivity index (χ1) is 19.1. The van der Waals surface area contributed by atoms with Gasteiger partial charge >= 0.3 is 5.97 Å². The molecule has 0 bridgehead atoms. The lowest BCUT2D eigenvalue weighted by atomic mass is 9.87. The fourth-order valence-corrected chi connectivity index (χ4v) is 7.02. The van der Waals surface area contributed by atoms with E-state index in [0.717, 1.165) is 43.4 Å². The highest BCUT2D eigenvalue weighted by Gasteiger charge is 2.26. The number of aryl methyl sites for hydroxylation is 1. The van der Waals surface area contributed by atoms with Crippen LogP contribution in [0.4, 0.5) is 5.00 Å². The van der Waals surface area contributed by atoms with Gasteiger partial charge in [0.05, 0.1) is 18.4 Å². The highest BCUT2D eigenvalue weighted by atomic mass is 32.2. The highest BCUT2D eigenvalue weighted by Crippen LogP contribution is 2.38. The van der Waals surface area contributed by atoms with Gasteiger partial charge in [0.1, 0.15) is 10.8 Å². The summed E-state index contributed by atoms with van der Waals surface area (Å²) in [5, 5.41) is 13.0. The van der Waals surface area contributed by atoms with E-state index in [1.54, 1.807) is 0 Å². The Balaban J connectivity index is 1.42. The largest absolute Gasteiger partial charge is 0.483 e. The molecule has 1 N–H and O–H groups in total. The molecule has 0 fully saturated rings. The van der Waals surface area contributed by atoms with E-state index in [1.165, 1.54) is 47.1 Å². The van der Waals surface area contributed by atoms with Crippen molar-refractivity contribution in [2.75, 3.05) is 18.2 Å². The molecule has 1 amide bonds. The summed E-state index contributed by atoms with van der Waals surface area (Å²) in [6.07, 6.45) is 5.93. The minimum absolute atomic E-state index is 0.0768. The molecule has 0 radical (unpaired) electrons. The van der Waals surface area contributed by atoms with E-state index >= 15 is 0 Å². The van der Waals surface area contributed by atoms with Crippen LogP contribution in [0.15, 0.2) is 29.4 Å². The van der Waals surface area contributed by atoms with Gasteiger partial charge in [-0.1, -0.05) is 57.5 Å². The average molecular weight is 585 g/mol. The quantitative estimate of drug-likeness (QED) is 0.214. The number of amides is 1. The van der Waals surface area contributed by atoms with E-state index in [0.29, 0.717) is 28.1 Å². The number of aromatic nitrogens is 3. The Hall–Kier alpha value is -2.85. The third kappa shape index (κ3) is 7.07. The maximum Gasteiger partial charge on any atom is 0.341 e. The lowest BCUT2D eigenvalue weighted by Gasteiger charge is -2.20. The first-order valence-corrected chi connectivity index (χ1v) is 15.8. The molecule has 216 valence electrons. The lowest BCUT2D eigenvalue weighted by molar-refractivity contribution is -0.113. The maximum atomic E-state index is 13.0. The van der Waals surface area contributed by atoms with E-state index in [2.05, 4.69) is 48.4 Å². The third-order valence-electron chi connectivity index (χ3n) is 7.10. The molecule has 1 atom stereocenters. The molecule has 0 aliphatic heterocycles. The summed E-state index contributed by atoms with van der Waals surface area (Å²) >= 11 is 2.83. The molecular formula is C30H40N4O4S2. The van der Waals surface area contributed by atoms with E-state index in [-0.39, 0.29) is 23.2 Å². The van der Waals surface area contributed by atoms with Crippen LogP contribution < -0.4 is 10.1 Å². The standard InChI is InChI=1S/C30H40N4O4S2/c1-7-34-26(19(2)38-21-16-14-20(15-17-21)30(3,4)5)32-33-29(34)39-18-24(35)31-27-25(28(36)37-6)22-12-10-8-9-11-13-23(22)40-27/h14-17,19H,7-13,18H2,1-6H3,(H,31,35). The molecule has 0 saturated heterocycles. The van der Waals surface area contributed by atoms with Gasteiger partial charge in [-0.3, -0.25) is 4.79 Å². The van der Waals surface area contributed by atoms with Gasteiger partial charge in [-0.15, -0.1) is 21.5 Å². The molecule has 4 rings (SSSR count). The number of hydrogen-bond donors (Lipinski definition) is 1. The van der Waals surface area contributed by atoms with E-state index in [1.807, 2.05) is 30.5 Å². The van der Waals surface area contributed by atoms with Gasteiger partial charge in [0, 0.05) is 11.4 Å². The Morgan fingerprint density at radius 1 is 1.10 bits per heavy atom. The number of rotatable bonds is 9. The number of thioether (sulfide) groups is 1. The van der Waals surface area contributed by atoms with E-state index < -0.39 is 5.97 Å². The van der Waals surface area contributed by atoms with Crippen LogP contribution in [0.3, 0.4) is 0 Å². The summed E-state index contributed by atoms with van der Waals surface area (Å²) in [5.74, 6) is 1.03. The number of anilines is 1. The van der Waals surface area contributed by atoms with Crippen LogP contribution >= 0.6 is 23.1 Å². The molecule has 40 heavy (non-hydrogen) atoms.